The van der Waals surface area contributed by atoms with Crippen LogP contribution in [0.1, 0.15) is 5.56 Å². The summed E-state index contributed by atoms with van der Waals surface area (Å²) in [7, 11) is 3.24. The van der Waals surface area contributed by atoms with Gasteiger partial charge in [-0.1, -0.05) is 41.7 Å². The summed E-state index contributed by atoms with van der Waals surface area (Å²) in [6.45, 7) is 0.499. The van der Waals surface area contributed by atoms with E-state index in [1.807, 2.05) is 42.5 Å². The lowest BCUT2D eigenvalue weighted by Crippen LogP contribution is -1.97. The van der Waals surface area contributed by atoms with E-state index in [4.69, 9.17) is 14.2 Å². The van der Waals surface area contributed by atoms with Crippen LogP contribution in [-0.4, -0.2) is 19.2 Å². The van der Waals surface area contributed by atoms with E-state index in [0.29, 0.717) is 23.3 Å². The first-order chi connectivity index (χ1) is 10.3. The lowest BCUT2D eigenvalue weighted by atomic mass is 10.2. The van der Waals surface area contributed by atoms with E-state index in [1.165, 1.54) is 11.3 Å². The van der Waals surface area contributed by atoms with Crippen molar-refractivity contribution in [3.05, 3.63) is 48.0 Å². The van der Waals surface area contributed by atoms with Crippen molar-refractivity contribution >= 4 is 21.6 Å². The summed E-state index contributed by atoms with van der Waals surface area (Å²) in [6, 6.07) is 13.8. The van der Waals surface area contributed by atoms with Crippen LogP contribution in [0, 0.1) is 0 Å². The quantitative estimate of drug-likeness (QED) is 0.717. The molecule has 0 radical (unpaired) electrons. The second kappa shape index (κ2) is 6.01. The summed E-state index contributed by atoms with van der Waals surface area (Å²) in [6.07, 6.45) is 0. The smallest absolute Gasteiger partial charge is 0.274 e. The first-order valence-corrected chi connectivity index (χ1v) is 7.31. The van der Waals surface area contributed by atoms with E-state index in [1.54, 1.807) is 14.2 Å². The predicted molar refractivity (Wildman–Crippen MR) is 83.5 cm³/mol. The van der Waals surface area contributed by atoms with Gasteiger partial charge in [-0.05, 0) is 5.56 Å². The first-order valence-electron chi connectivity index (χ1n) is 6.49. The van der Waals surface area contributed by atoms with Crippen LogP contribution < -0.4 is 14.2 Å². The summed E-state index contributed by atoms with van der Waals surface area (Å²) >= 11 is 1.48. The molecule has 3 aromatic rings. The van der Waals surface area contributed by atoms with Crippen molar-refractivity contribution in [2.24, 2.45) is 0 Å². The van der Waals surface area contributed by atoms with Gasteiger partial charge in [-0.25, -0.2) is 4.98 Å². The zero-order valence-electron chi connectivity index (χ0n) is 11.8. The average molecular weight is 301 g/mol. The van der Waals surface area contributed by atoms with Gasteiger partial charge in [-0.3, -0.25) is 0 Å². The maximum absolute atomic E-state index is 5.88. The van der Waals surface area contributed by atoms with E-state index in [2.05, 4.69) is 4.98 Å². The SMILES string of the molecule is COc1nc2cc(OC)c(OCc3ccccc3)cc2s1. The topological polar surface area (TPSA) is 40.6 Å². The summed E-state index contributed by atoms with van der Waals surface area (Å²) in [5.41, 5.74) is 1.96. The highest BCUT2D eigenvalue weighted by molar-refractivity contribution is 7.20. The number of ether oxygens (including phenoxy) is 3. The number of thiazole rings is 1. The van der Waals surface area contributed by atoms with Gasteiger partial charge in [-0.15, -0.1) is 0 Å². The third-order valence-electron chi connectivity index (χ3n) is 3.07. The predicted octanol–water partition coefficient (Wildman–Crippen LogP) is 3.89. The van der Waals surface area contributed by atoms with Gasteiger partial charge in [0.15, 0.2) is 11.5 Å². The molecule has 0 amide bonds. The molecule has 0 unspecified atom stereocenters. The monoisotopic (exact) mass is 301 g/mol. The molecule has 3 rings (SSSR count). The summed E-state index contributed by atoms with van der Waals surface area (Å²) < 4.78 is 17.4. The van der Waals surface area contributed by atoms with Crippen molar-refractivity contribution in [2.45, 2.75) is 6.61 Å². The Morgan fingerprint density at radius 1 is 1.00 bits per heavy atom. The molecular weight excluding hydrogens is 286 g/mol. The first kappa shape index (κ1) is 13.7. The molecule has 0 spiro atoms. The number of benzene rings is 2. The molecule has 0 aliphatic heterocycles. The minimum atomic E-state index is 0.499. The molecule has 0 saturated carbocycles. The van der Waals surface area contributed by atoms with Crippen molar-refractivity contribution < 1.29 is 14.2 Å². The average Bonchev–Trinajstić information content (AvgIpc) is 2.94. The van der Waals surface area contributed by atoms with Crippen LogP contribution in [0.2, 0.25) is 0 Å². The molecule has 0 bridgehead atoms. The standard InChI is InChI=1S/C16H15NO3S/c1-18-13-8-12-15(21-16(17-12)19-2)9-14(13)20-10-11-6-4-3-5-7-11/h3-9H,10H2,1-2H3. The molecule has 108 valence electrons. The fraction of sp³-hybridized carbons (Fsp3) is 0.188. The van der Waals surface area contributed by atoms with E-state index in [-0.39, 0.29) is 0 Å². The van der Waals surface area contributed by atoms with Crippen molar-refractivity contribution in [2.75, 3.05) is 14.2 Å². The molecule has 1 aromatic heterocycles. The maximum atomic E-state index is 5.88. The lowest BCUT2D eigenvalue weighted by Gasteiger charge is -2.10. The van der Waals surface area contributed by atoms with Gasteiger partial charge in [0.05, 0.1) is 24.4 Å². The van der Waals surface area contributed by atoms with E-state index in [0.717, 1.165) is 15.8 Å². The Hall–Kier alpha value is -2.27. The van der Waals surface area contributed by atoms with Gasteiger partial charge in [-0.2, -0.15) is 0 Å². The molecule has 1 heterocycles. The Kier molecular flexibility index (Phi) is 3.92. The summed E-state index contributed by atoms with van der Waals surface area (Å²) in [5.74, 6) is 1.38. The van der Waals surface area contributed by atoms with Gasteiger partial charge in [0, 0.05) is 12.1 Å². The molecule has 2 aromatic carbocycles. The third kappa shape index (κ3) is 2.92. The fourth-order valence-corrected chi connectivity index (χ4v) is 2.80. The normalized spacial score (nSPS) is 10.6. The number of fused-ring (bicyclic) bond motifs is 1. The zero-order valence-corrected chi connectivity index (χ0v) is 12.6. The Morgan fingerprint density at radius 2 is 1.81 bits per heavy atom. The molecule has 0 N–H and O–H groups in total. The molecule has 0 saturated heterocycles. The maximum Gasteiger partial charge on any atom is 0.274 e. The second-order valence-electron chi connectivity index (χ2n) is 4.43. The van der Waals surface area contributed by atoms with Crippen molar-refractivity contribution in [1.29, 1.82) is 0 Å². The molecule has 4 nitrogen and oxygen atoms in total. The largest absolute Gasteiger partial charge is 0.493 e. The Bertz CT molecular complexity index is 740. The number of hydrogen-bond acceptors (Lipinski definition) is 5. The number of rotatable bonds is 5. The van der Waals surface area contributed by atoms with Crippen LogP contribution in [0.5, 0.6) is 16.7 Å². The number of hydrogen-bond donors (Lipinski definition) is 0. The van der Waals surface area contributed by atoms with Gasteiger partial charge in [0.2, 0.25) is 0 Å². The second-order valence-corrected chi connectivity index (χ2v) is 5.42. The molecule has 0 atom stereocenters. The van der Waals surface area contributed by atoms with E-state index in [9.17, 15) is 0 Å². The minimum Gasteiger partial charge on any atom is -0.493 e. The fourth-order valence-electron chi connectivity index (χ4n) is 2.01. The highest BCUT2D eigenvalue weighted by atomic mass is 32.1. The Balaban J connectivity index is 1.89. The third-order valence-corrected chi connectivity index (χ3v) is 4.05. The summed E-state index contributed by atoms with van der Waals surface area (Å²) in [4.78, 5) is 4.36. The molecule has 5 heteroatoms. The number of nitrogens with zero attached hydrogens (tertiary/aromatic N) is 1. The van der Waals surface area contributed by atoms with Crippen LogP contribution in [0.15, 0.2) is 42.5 Å². The molecule has 0 aliphatic carbocycles. The van der Waals surface area contributed by atoms with Gasteiger partial charge >= 0.3 is 0 Å². The van der Waals surface area contributed by atoms with Crippen LogP contribution in [-0.2, 0) is 6.61 Å². The Labute approximate surface area is 126 Å². The van der Waals surface area contributed by atoms with Crippen LogP contribution >= 0.6 is 11.3 Å². The van der Waals surface area contributed by atoms with Crippen molar-refractivity contribution in [3.8, 4) is 16.7 Å². The lowest BCUT2D eigenvalue weighted by molar-refractivity contribution is 0.285. The van der Waals surface area contributed by atoms with Gasteiger partial charge in [0.25, 0.3) is 5.19 Å². The van der Waals surface area contributed by atoms with Gasteiger partial charge < -0.3 is 14.2 Å². The Morgan fingerprint density at radius 3 is 2.52 bits per heavy atom. The van der Waals surface area contributed by atoms with E-state index < -0.39 is 0 Å². The van der Waals surface area contributed by atoms with E-state index >= 15 is 0 Å². The number of aromatic nitrogens is 1. The molecule has 0 fully saturated rings. The molecular formula is C16H15NO3S. The number of methoxy groups -OCH3 is 2. The zero-order chi connectivity index (χ0) is 14.7. The highest BCUT2D eigenvalue weighted by Gasteiger charge is 2.11. The van der Waals surface area contributed by atoms with Crippen LogP contribution in [0.3, 0.4) is 0 Å². The summed E-state index contributed by atoms with van der Waals surface area (Å²) in [5, 5.41) is 0.632. The van der Waals surface area contributed by atoms with Crippen molar-refractivity contribution in [3.63, 3.8) is 0 Å². The van der Waals surface area contributed by atoms with Crippen LogP contribution in [0.25, 0.3) is 10.2 Å². The van der Waals surface area contributed by atoms with Gasteiger partial charge in [0.1, 0.15) is 6.61 Å². The minimum absolute atomic E-state index is 0.499. The van der Waals surface area contributed by atoms with Crippen molar-refractivity contribution in [1.82, 2.24) is 4.98 Å². The highest BCUT2D eigenvalue weighted by Crippen LogP contribution is 2.37. The molecule has 0 aliphatic rings. The molecule has 21 heavy (non-hydrogen) atoms. The van der Waals surface area contributed by atoms with Crippen LogP contribution in [0.4, 0.5) is 0 Å².